The van der Waals surface area contributed by atoms with E-state index in [-0.39, 0.29) is 6.03 Å². The van der Waals surface area contributed by atoms with Gasteiger partial charge in [0.2, 0.25) is 0 Å². The predicted molar refractivity (Wildman–Crippen MR) is 62.1 cm³/mol. The zero-order valence-corrected chi connectivity index (χ0v) is 9.63. The highest BCUT2D eigenvalue weighted by Gasteiger charge is 2.16. The summed E-state index contributed by atoms with van der Waals surface area (Å²) < 4.78 is 5.24. The number of ether oxygens (including phenoxy) is 1. The molecule has 0 bridgehead atoms. The van der Waals surface area contributed by atoms with Crippen LogP contribution < -0.4 is 10.6 Å². The second kappa shape index (κ2) is 5.89. The SMILES string of the molecule is O=C(NC=C1CCOCC1)NC1CCCC1. The zero-order chi connectivity index (χ0) is 11.2. The van der Waals surface area contributed by atoms with Crippen LogP contribution in [0, 0.1) is 0 Å². The third-order valence-electron chi connectivity index (χ3n) is 3.23. The molecule has 16 heavy (non-hydrogen) atoms. The summed E-state index contributed by atoms with van der Waals surface area (Å²) in [6.07, 6.45) is 8.43. The number of carbonyl (C=O) groups excluding carboxylic acids is 1. The Labute approximate surface area is 96.4 Å². The van der Waals surface area contributed by atoms with Crippen LogP contribution in [0.1, 0.15) is 38.5 Å². The van der Waals surface area contributed by atoms with Gasteiger partial charge < -0.3 is 15.4 Å². The van der Waals surface area contributed by atoms with Gasteiger partial charge in [-0.3, -0.25) is 0 Å². The maximum absolute atomic E-state index is 11.5. The molecule has 2 amide bonds. The predicted octanol–water partition coefficient (Wildman–Crippen LogP) is 1.92. The first kappa shape index (κ1) is 11.5. The Hall–Kier alpha value is -1.03. The summed E-state index contributed by atoms with van der Waals surface area (Å²) in [5.41, 5.74) is 1.27. The summed E-state index contributed by atoms with van der Waals surface area (Å²) in [6.45, 7) is 1.55. The molecule has 0 radical (unpaired) electrons. The van der Waals surface area contributed by atoms with E-state index in [0.717, 1.165) is 38.9 Å². The Kier molecular flexibility index (Phi) is 4.22. The van der Waals surface area contributed by atoms with Crippen molar-refractivity contribution in [2.24, 2.45) is 0 Å². The van der Waals surface area contributed by atoms with Crippen molar-refractivity contribution in [2.75, 3.05) is 13.2 Å². The maximum Gasteiger partial charge on any atom is 0.318 e. The van der Waals surface area contributed by atoms with Crippen LogP contribution >= 0.6 is 0 Å². The summed E-state index contributed by atoms with van der Waals surface area (Å²) in [5, 5.41) is 5.80. The van der Waals surface area contributed by atoms with E-state index in [4.69, 9.17) is 4.74 Å². The highest BCUT2D eigenvalue weighted by atomic mass is 16.5. The van der Waals surface area contributed by atoms with Crippen LogP contribution in [-0.2, 0) is 4.74 Å². The molecule has 0 spiro atoms. The minimum absolute atomic E-state index is 0.0640. The molecule has 1 aliphatic heterocycles. The molecule has 1 aliphatic carbocycles. The molecule has 0 unspecified atom stereocenters. The van der Waals surface area contributed by atoms with Gasteiger partial charge in [-0.25, -0.2) is 4.79 Å². The second-order valence-electron chi connectivity index (χ2n) is 4.51. The largest absolute Gasteiger partial charge is 0.381 e. The fraction of sp³-hybridized carbons (Fsp3) is 0.750. The van der Waals surface area contributed by atoms with Gasteiger partial charge in [0.05, 0.1) is 13.2 Å². The summed E-state index contributed by atoms with van der Waals surface area (Å²) in [6, 6.07) is 0.319. The third-order valence-corrected chi connectivity index (χ3v) is 3.23. The number of hydrogen-bond donors (Lipinski definition) is 2. The van der Waals surface area contributed by atoms with Crippen molar-refractivity contribution in [1.29, 1.82) is 0 Å². The minimum atomic E-state index is -0.0640. The summed E-state index contributed by atoms with van der Waals surface area (Å²) in [4.78, 5) is 11.5. The lowest BCUT2D eigenvalue weighted by molar-refractivity contribution is 0.119. The Morgan fingerprint density at radius 2 is 1.94 bits per heavy atom. The number of hydrogen-bond acceptors (Lipinski definition) is 2. The van der Waals surface area contributed by atoms with Crippen molar-refractivity contribution < 1.29 is 9.53 Å². The number of carbonyl (C=O) groups is 1. The average molecular weight is 224 g/mol. The molecule has 0 aromatic rings. The summed E-state index contributed by atoms with van der Waals surface area (Å²) in [7, 11) is 0. The van der Waals surface area contributed by atoms with E-state index < -0.39 is 0 Å². The second-order valence-corrected chi connectivity index (χ2v) is 4.51. The van der Waals surface area contributed by atoms with Crippen molar-refractivity contribution in [3.63, 3.8) is 0 Å². The number of nitrogens with one attached hydrogen (secondary N) is 2. The molecule has 2 N–H and O–H groups in total. The molecule has 0 aromatic heterocycles. The van der Waals surface area contributed by atoms with Crippen molar-refractivity contribution in [2.45, 2.75) is 44.6 Å². The molecule has 2 fully saturated rings. The van der Waals surface area contributed by atoms with Gasteiger partial charge in [0.15, 0.2) is 0 Å². The number of amides is 2. The highest BCUT2D eigenvalue weighted by Crippen LogP contribution is 2.17. The molecular formula is C12H20N2O2. The van der Waals surface area contributed by atoms with Crippen molar-refractivity contribution >= 4 is 6.03 Å². The van der Waals surface area contributed by atoms with Gasteiger partial charge in [-0.15, -0.1) is 0 Å². The van der Waals surface area contributed by atoms with E-state index in [0.29, 0.717) is 6.04 Å². The topological polar surface area (TPSA) is 50.4 Å². The van der Waals surface area contributed by atoms with Gasteiger partial charge in [-0.2, -0.15) is 0 Å². The van der Waals surface area contributed by atoms with Crippen LogP contribution in [0.5, 0.6) is 0 Å². The van der Waals surface area contributed by atoms with Crippen molar-refractivity contribution in [3.05, 3.63) is 11.8 Å². The molecule has 2 rings (SSSR count). The number of urea groups is 1. The fourth-order valence-electron chi connectivity index (χ4n) is 2.24. The molecular weight excluding hydrogens is 204 g/mol. The summed E-state index contributed by atoms with van der Waals surface area (Å²) >= 11 is 0. The molecule has 1 saturated heterocycles. The van der Waals surface area contributed by atoms with Gasteiger partial charge in [0.1, 0.15) is 0 Å². The van der Waals surface area contributed by atoms with E-state index in [2.05, 4.69) is 10.6 Å². The normalized spacial score (nSPS) is 21.9. The Morgan fingerprint density at radius 1 is 1.25 bits per heavy atom. The van der Waals surface area contributed by atoms with Crippen LogP contribution in [0.2, 0.25) is 0 Å². The van der Waals surface area contributed by atoms with E-state index >= 15 is 0 Å². The molecule has 2 aliphatic rings. The van der Waals surface area contributed by atoms with Gasteiger partial charge in [0, 0.05) is 12.2 Å². The van der Waals surface area contributed by atoms with Crippen molar-refractivity contribution in [3.8, 4) is 0 Å². The van der Waals surface area contributed by atoms with Gasteiger partial charge in [0.25, 0.3) is 0 Å². The third kappa shape index (κ3) is 3.52. The highest BCUT2D eigenvalue weighted by molar-refractivity contribution is 5.75. The van der Waals surface area contributed by atoms with Crippen LogP contribution in [0.15, 0.2) is 11.8 Å². The molecule has 1 heterocycles. The van der Waals surface area contributed by atoms with Crippen LogP contribution in [0.3, 0.4) is 0 Å². The van der Waals surface area contributed by atoms with E-state index in [1.165, 1.54) is 18.4 Å². The standard InChI is InChI=1S/C12H20N2O2/c15-12(14-11-3-1-2-4-11)13-9-10-5-7-16-8-6-10/h9,11H,1-8H2,(H2,13,14,15). The molecule has 0 atom stereocenters. The summed E-state index contributed by atoms with van der Waals surface area (Å²) in [5.74, 6) is 0. The van der Waals surface area contributed by atoms with E-state index in [1.807, 2.05) is 6.20 Å². The molecule has 4 heteroatoms. The molecule has 90 valence electrons. The van der Waals surface area contributed by atoms with E-state index in [9.17, 15) is 4.79 Å². The van der Waals surface area contributed by atoms with Crippen LogP contribution in [-0.4, -0.2) is 25.3 Å². The molecule has 4 nitrogen and oxygen atoms in total. The molecule has 1 saturated carbocycles. The Balaban J connectivity index is 1.69. The first-order valence-corrected chi connectivity index (χ1v) is 6.17. The van der Waals surface area contributed by atoms with Crippen LogP contribution in [0.25, 0.3) is 0 Å². The maximum atomic E-state index is 11.5. The van der Waals surface area contributed by atoms with Crippen molar-refractivity contribution in [1.82, 2.24) is 10.6 Å². The lowest BCUT2D eigenvalue weighted by Gasteiger charge is -2.15. The minimum Gasteiger partial charge on any atom is -0.381 e. The monoisotopic (exact) mass is 224 g/mol. The Bertz CT molecular complexity index is 262. The first-order chi connectivity index (χ1) is 7.84. The van der Waals surface area contributed by atoms with Gasteiger partial charge >= 0.3 is 6.03 Å². The zero-order valence-electron chi connectivity index (χ0n) is 9.63. The smallest absolute Gasteiger partial charge is 0.318 e. The first-order valence-electron chi connectivity index (χ1n) is 6.17. The molecule has 0 aromatic carbocycles. The lowest BCUT2D eigenvalue weighted by Crippen LogP contribution is -2.38. The van der Waals surface area contributed by atoms with Crippen LogP contribution in [0.4, 0.5) is 4.79 Å². The lowest BCUT2D eigenvalue weighted by atomic mass is 10.1. The number of rotatable bonds is 2. The van der Waals surface area contributed by atoms with Gasteiger partial charge in [-0.05, 0) is 31.3 Å². The Morgan fingerprint density at radius 3 is 2.62 bits per heavy atom. The van der Waals surface area contributed by atoms with Gasteiger partial charge in [-0.1, -0.05) is 12.8 Å². The fourth-order valence-corrected chi connectivity index (χ4v) is 2.24. The van der Waals surface area contributed by atoms with E-state index in [1.54, 1.807) is 0 Å². The quantitative estimate of drug-likeness (QED) is 0.753. The average Bonchev–Trinajstić information content (AvgIpc) is 2.81.